The molecule has 0 bridgehead atoms. The summed E-state index contributed by atoms with van der Waals surface area (Å²) in [5.74, 6) is 0. The van der Waals surface area contributed by atoms with Crippen LogP contribution in [0.25, 0.3) is 0 Å². The molecule has 1 aromatic carbocycles. The predicted molar refractivity (Wildman–Crippen MR) is 85.4 cm³/mol. The van der Waals surface area contributed by atoms with Gasteiger partial charge in [-0.2, -0.15) is 0 Å². The standard InChI is InChI=1S/C13H24N4O2S/c1-4-17(5-2)12-7-6-11(14)13(15)10(12)8-9-16-20(3,18)19/h6-7,16H,4-5,8-9,14-15H2,1-3H3. The van der Waals surface area contributed by atoms with Crippen LogP contribution in [0.1, 0.15) is 19.4 Å². The van der Waals surface area contributed by atoms with Gasteiger partial charge < -0.3 is 16.4 Å². The number of nitrogens with two attached hydrogens (primary N) is 2. The van der Waals surface area contributed by atoms with Crippen molar-refractivity contribution in [2.45, 2.75) is 20.3 Å². The Balaban J connectivity index is 3.04. The van der Waals surface area contributed by atoms with E-state index in [0.717, 1.165) is 30.6 Å². The molecule has 0 saturated carbocycles. The third-order valence-electron chi connectivity index (χ3n) is 3.21. The zero-order valence-electron chi connectivity index (χ0n) is 12.3. The number of benzene rings is 1. The molecule has 0 radical (unpaired) electrons. The van der Waals surface area contributed by atoms with E-state index in [0.29, 0.717) is 24.3 Å². The molecule has 0 aliphatic heterocycles. The van der Waals surface area contributed by atoms with Crippen LogP contribution in [0.5, 0.6) is 0 Å². The van der Waals surface area contributed by atoms with Crippen LogP contribution in [-0.4, -0.2) is 34.3 Å². The molecular weight excluding hydrogens is 276 g/mol. The van der Waals surface area contributed by atoms with Crippen LogP contribution < -0.4 is 21.1 Å². The Labute approximate surface area is 121 Å². The van der Waals surface area contributed by atoms with Crippen molar-refractivity contribution in [2.75, 3.05) is 42.3 Å². The molecule has 114 valence electrons. The predicted octanol–water partition coefficient (Wildman–Crippen LogP) is 0.789. The first-order valence-corrected chi connectivity index (χ1v) is 8.55. The van der Waals surface area contributed by atoms with E-state index in [2.05, 4.69) is 23.5 Å². The molecule has 0 aromatic heterocycles. The molecule has 5 N–H and O–H groups in total. The van der Waals surface area contributed by atoms with Gasteiger partial charge in [-0.05, 0) is 32.4 Å². The summed E-state index contributed by atoms with van der Waals surface area (Å²) < 4.78 is 24.7. The molecule has 1 aromatic rings. The summed E-state index contributed by atoms with van der Waals surface area (Å²) >= 11 is 0. The Morgan fingerprint density at radius 2 is 1.80 bits per heavy atom. The molecule has 0 amide bonds. The van der Waals surface area contributed by atoms with E-state index in [1.807, 2.05) is 6.07 Å². The fourth-order valence-electron chi connectivity index (χ4n) is 2.16. The molecule has 7 heteroatoms. The Morgan fingerprint density at radius 3 is 2.30 bits per heavy atom. The maximum Gasteiger partial charge on any atom is 0.208 e. The molecule has 0 unspecified atom stereocenters. The first-order valence-electron chi connectivity index (χ1n) is 6.66. The third-order valence-corrected chi connectivity index (χ3v) is 3.94. The van der Waals surface area contributed by atoms with E-state index in [-0.39, 0.29) is 0 Å². The SMILES string of the molecule is CCN(CC)c1ccc(N)c(N)c1CCNS(C)(=O)=O. The first kappa shape index (κ1) is 16.6. The van der Waals surface area contributed by atoms with E-state index in [9.17, 15) is 8.42 Å². The van der Waals surface area contributed by atoms with E-state index in [1.165, 1.54) is 0 Å². The van der Waals surface area contributed by atoms with Gasteiger partial charge >= 0.3 is 0 Å². The number of nitrogens with zero attached hydrogens (tertiary/aromatic N) is 1. The maximum absolute atomic E-state index is 11.1. The number of nitrogens with one attached hydrogen (secondary N) is 1. The lowest BCUT2D eigenvalue weighted by atomic mass is 10.0. The summed E-state index contributed by atoms with van der Waals surface area (Å²) in [6.45, 7) is 6.14. The monoisotopic (exact) mass is 300 g/mol. The minimum atomic E-state index is -3.20. The number of anilines is 3. The molecule has 0 fully saturated rings. The molecule has 0 aliphatic rings. The molecule has 0 spiro atoms. The van der Waals surface area contributed by atoms with Crippen molar-refractivity contribution < 1.29 is 8.42 Å². The summed E-state index contributed by atoms with van der Waals surface area (Å²) in [5, 5.41) is 0. The number of sulfonamides is 1. The molecular formula is C13H24N4O2S. The zero-order valence-corrected chi connectivity index (χ0v) is 13.1. The lowest BCUT2D eigenvalue weighted by molar-refractivity contribution is 0.588. The van der Waals surface area contributed by atoms with Crippen molar-refractivity contribution in [1.82, 2.24) is 4.72 Å². The highest BCUT2D eigenvalue weighted by Gasteiger charge is 2.14. The summed E-state index contributed by atoms with van der Waals surface area (Å²) in [6, 6.07) is 3.73. The Morgan fingerprint density at radius 1 is 1.20 bits per heavy atom. The molecule has 0 atom stereocenters. The molecule has 0 saturated heterocycles. The fourth-order valence-corrected chi connectivity index (χ4v) is 2.63. The second-order valence-corrected chi connectivity index (χ2v) is 6.49. The number of rotatable bonds is 7. The van der Waals surface area contributed by atoms with Crippen molar-refractivity contribution >= 4 is 27.1 Å². The molecule has 1 rings (SSSR count). The van der Waals surface area contributed by atoms with Gasteiger partial charge in [-0.15, -0.1) is 0 Å². The zero-order chi connectivity index (χ0) is 15.3. The van der Waals surface area contributed by atoms with Gasteiger partial charge in [-0.1, -0.05) is 0 Å². The maximum atomic E-state index is 11.1. The Hall–Kier alpha value is -1.47. The van der Waals surface area contributed by atoms with Gasteiger partial charge in [-0.3, -0.25) is 0 Å². The highest BCUT2D eigenvalue weighted by Crippen LogP contribution is 2.30. The Bertz CT molecular complexity index is 554. The van der Waals surface area contributed by atoms with E-state index in [1.54, 1.807) is 6.07 Å². The quantitative estimate of drug-likeness (QED) is 0.646. The highest BCUT2D eigenvalue weighted by molar-refractivity contribution is 7.88. The average molecular weight is 300 g/mol. The number of hydrogen-bond acceptors (Lipinski definition) is 5. The van der Waals surface area contributed by atoms with Gasteiger partial charge in [0.1, 0.15) is 0 Å². The van der Waals surface area contributed by atoms with Gasteiger partial charge in [0.25, 0.3) is 0 Å². The smallest absolute Gasteiger partial charge is 0.208 e. The van der Waals surface area contributed by atoms with Gasteiger partial charge in [0.2, 0.25) is 10.0 Å². The van der Waals surface area contributed by atoms with Gasteiger partial charge in [0.05, 0.1) is 17.6 Å². The van der Waals surface area contributed by atoms with Crippen LogP contribution in [0.4, 0.5) is 17.1 Å². The molecule has 20 heavy (non-hydrogen) atoms. The minimum absolute atomic E-state index is 0.306. The van der Waals surface area contributed by atoms with Crippen LogP contribution in [0.2, 0.25) is 0 Å². The highest BCUT2D eigenvalue weighted by atomic mass is 32.2. The normalized spacial score (nSPS) is 11.6. The van der Waals surface area contributed by atoms with Crippen molar-refractivity contribution in [3.8, 4) is 0 Å². The number of nitrogen functional groups attached to an aromatic ring is 2. The van der Waals surface area contributed by atoms with Gasteiger partial charge in [0, 0.05) is 30.9 Å². The van der Waals surface area contributed by atoms with Crippen LogP contribution in [0.3, 0.4) is 0 Å². The van der Waals surface area contributed by atoms with Crippen LogP contribution >= 0.6 is 0 Å². The van der Waals surface area contributed by atoms with E-state index < -0.39 is 10.0 Å². The second kappa shape index (κ2) is 6.81. The summed E-state index contributed by atoms with van der Waals surface area (Å²) in [6.07, 6.45) is 1.65. The molecule has 0 aliphatic carbocycles. The van der Waals surface area contributed by atoms with Crippen molar-refractivity contribution in [2.24, 2.45) is 0 Å². The summed E-state index contributed by atoms with van der Waals surface area (Å²) in [7, 11) is -3.20. The van der Waals surface area contributed by atoms with Crippen molar-refractivity contribution in [1.29, 1.82) is 0 Å². The van der Waals surface area contributed by atoms with Crippen LogP contribution in [-0.2, 0) is 16.4 Å². The van der Waals surface area contributed by atoms with Crippen LogP contribution in [0.15, 0.2) is 12.1 Å². The van der Waals surface area contributed by atoms with Crippen LogP contribution in [0, 0.1) is 0 Å². The topological polar surface area (TPSA) is 101 Å². The van der Waals surface area contributed by atoms with Crippen molar-refractivity contribution in [3.63, 3.8) is 0 Å². The Kier molecular flexibility index (Phi) is 5.64. The lowest BCUT2D eigenvalue weighted by Crippen LogP contribution is -2.27. The van der Waals surface area contributed by atoms with Gasteiger partial charge in [0.15, 0.2) is 0 Å². The largest absolute Gasteiger partial charge is 0.397 e. The summed E-state index contributed by atoms with van der Waals surface area (Å²) in [5.41, 5.74) is 14.9. The molecule has 0 heterocycles. The lowest BCUT2D eigenvalue weighted by Gasteiger charge is -2.25. The minimum Gasteiger partial charge on any atom is -0.397 e. The summed E-state index contributed by atoms with van der Waals surface area (Å²) in [4.78, 5) is 2.17. The van der Waals surface area contributed by atoms with E-state index >= 15 is 0 Å². The fraction of sp³-hybridized carbons (Fsp3) is 0.538. The van der Waals surface area contributed by atoms with E-state index in [4.69, 9.17) is 11.5 Å². The third kappa shape index (κ3) is 4.28. The molecule has 6 nitrogen and oxygen atoms in total. The first-order chi connectivity index (χ1) is 9.30. The van der Waals surface area contributed by atoms with Gasteiger partial charge in [-0.25, -0.2) is 13.1 Å². The number of hydrogen-bond donors (Lipinski definition) is 3. The van der Waals surface area contributed by atoms with Crippen molar-refractivity contribution in [3.05, 3.63) is 17.7 Å². The average Bonchev–Trinajstić information content (AvgIpc) is 2.36. The second-order valence-electron chi connectivity index (χ2n) is 4.65.